The largest absolute Gasteiger partial charge is 0.377 e. The Morgan fingerprint density at radius 3 is 2.73 bits per heavy atom. The van der Waals surface area contributed by atoms with Crippen LogP contribution in [0.15, 0.2) is 24.3 Å². The first-order valence-corrected chi connectivity index (χ1v) is 9.52. The second-order valence-corrected chi connectivity index (χ2v) is 8.62. The normalized spacial score (nSPS) is 25.6. The third-order valence-electron chi connectivity index (χ3n) is 4.89. The van der Waals surface area contributed by atoms with Crippen LogP contribution in [0.25, 0.3) is 0 Å². The highest BCUT2D eigenvalue weighted by Crippen LogP contribution is 2.43. The average molecular weight is 327 g/mol. The summed E-state index contributed by atoms with van der Waals surface area (Å²) in [5.74, 6) is -0.216. The molecule has 0 unspecified atom stereocenters. The van der Waals surface area contributed by atoms with E-state index in [2.05, 4.69) is 0 Å². The van der Waals surface area contributed by atoms with Crippen LogP contribution >= 0.6 is 0 Å². The first kappa shape index (κ1) is 15.9. The Kier molecular flexibility index (Phi) is 4.27. The molecule has 0 bridgehead atoms. The smallest absolute Gasteiger partial charge is 0.211 e. The highest BCUT2D eigenvalue weighted by molar-refractivity contribution is 7.88. The van der Waals surface area contributed by atoms with Crippen molar-refractivity contribution >= 4 is 10.0 Å². The molecular weight excluding hydrogens is 305 g/mol. The third kappa shape index (κ3) is 3.50. The van der Waals surface area contributed by atoms with Gasteiger partial charge >= 0.3 is 0 Å². The number of halogens is 1. The van der Waals surface area contributed by atoms with Crippen molar-refractivity contribution in [2.45, 2.75) is 31.8 Å². The van der Waals surface area contributed by atoms with E-state index in [9.17, 15) is 12.8 Å². The summed E-state index contributed by atoms with van der Waals surface area (Å²) in [7, 11) is -3.09. The Balaban J connectivity index is 1.59. The van der Waals surface area contributed by atoms with Crippen molar-refractivity contribution in [3.05, 3.63) is 35.6 Å². The molecule has 0 amide bonds. The first-order chi connectivity index (χ1) is 10.4. The molecule has 2 fully saturated rings. The van der Waals surface area contributed by atoms with E-state index in [0.717, 1.165) is 31.2 Å². The highest BCUT2D eigenvalue weighted by atomic mass is 32.2. The monoisotopic (exact) mass is 327 g/mol. The lowest BCUT2D eigenvalue weighted by Crippen LogP contribution is -2.43. The van der Waals surface area contributed by atoms with Crippen LogP contribution in [0.1, 0.15) is 24.8 Å². The maximum absolute atomic E-state index is 13.2. The Morgan fingerprint density at radius 1 is 1.36 bits per heavy atom. The van der Waals surface area contributed by atoms with Crippen molar-refractivity contribution in [3.8, 4) is 0 Å². The summed E-state index contributed by atoms with van der Waals surface area (Å²) in [5, 5.41) is 0. The van der Waals surface area contributed by atoms with Crippen LogP contribution in [0.2, 0.25) is 0 Å². The Labute approximate surface area is 131 Å². The van der Waals surface area contributed by atoms with Gasteiger partial charge in [0.25, 0.3) is 0 Å². The fourth-order valence-electron chi connectivity index (χ4n) is 3.59. The van der Waals surface area contributed by atoms with Crippen LogP contribution in [0.3, 0.4) is 0 Å². The van der Waals surface area contributed by atoms with E-state index in [1.165, 1.54) is 12.3 Å². The molecule has 6 heteroatoms. The number of sulfonamides is 1. The van der Waals surface area contributed by atoms with Gasteiger partial charge in [0.1, 0.15) is 5.82 Å². The fourth-order valence-corrected chi connectivity index (χ4v) is 4.44. The van der Waals surface area contributed by atoms with Gasteiger partial charge < -0.3 is 4.74 Å². The fraction of sp³-hybridized carbons (Fsp3) is 0.625. The third-order valence-corrected chi connectivity index (χ3v) is 6.19. The van der Waals surface area contributed by atoms with Crippen molar-refractivity contribution in [1.82, 2.24) is 4.31 Å². The zero-order valence-electron chi connectivity index (χ0n) is 12.8. The van der Waals surface area contributed by atoms with E-state index in [1.54, 1.807) is 16.4 Å². The van der Waals surface area contributed by atoms with Gasteiger partial charge in [0.2, 0.25) is 10.0 Å². The first-order valence-electron chi connectivity index (χ1n) is 7.68. The minimum Gasteiger partial charge on any atom is -0.377 e. The van der Waals surface area contributed by atoms with Crippen molar-refractivity contribution in [1.29, 1.82) is 0 Å². The van der Waals surface area contributed by atoms with E-state index in [0.29, 0.717) is 19.7 Å². The van der Waals surface area contributed by atoms with Gasteiger partial charge in [-0.2, -0.15) is 0 Å². The molecule has 2 saturated heterocycles. The number of hydrogen-bond acceptors (Lipinski definition) is 3. The van der Waals surface area contributed by atoms with E-state index in [4.69, 9.17) is 4.74 Å². The van der Waals surface area contributed by atoms with E-state index in [1.807, 2.05) is 6.07 Å². The number of nitrogens with zero attached hydrogens (tertiary/aromatic N) is 1. The molecule has 0 saturated carbocycles. The van der Waals surface area contributed by atoms with E-state index in [-0.39, 0.29) is 17.3 Å². The highest BCUT2D eigenvalue weighted by Gasteiger charge is 2.43. The van der Waals surface area contributed by atoms with Crippen LogP contribution in [0.4, 0.5) is 4.39 Å². The molecule has 1 aromatic rings. The molecule has 2 heterocycles. The number of benzene rings is 1. The van der Waals surface area contributed by atoms with Gasteiger partial charge in [0, 0.05) is 13.1 Å². The molecule has 1 aromatic carbocycles. The average Bonchev–Trinajstić information content (AvgIpc) is 2.81. The Hall–Kier alpha value is -0.980. The van der Waals surface area contributed by atoms with E-state index >= 15 is 0 Å². The standard InChI is InChI=1S/C16H22FNO3S/c1-22(19,20)18-7-5-16(6-8-18)11-15(21-12-16)10-13-3-2-4-14(17)9-13/h2-4,9,15H,5-8,10-12H2,1H3/t15-/m1/s1. The molecule has 122 valence electrons. The number of hydrogen-bond donors (Lipinski definition) is 0. The zero-order chi connectivity index (χ0) is 15.8. The van der Waals surface area contributed by atoms with Gasteiger partial charge in [-0.25, -0.2) is 17.1 Å². The topological polar surface area (TPSA) is 46.6 Å². The molecule has 0 aromatic heterocycles. The SMILES string of the molecule is CS(=O)(=O)N1CCC2(CC1)CO[C@H](Cc1cccc(F)c1)C2. The Morgan fingerprint density at radius 2 is 2.09 bits per heavy atom. The van der Waals surface area contributed by atoms with Crippen molar-refractivity contribution < 1.29 is 17.5 Å². The summed E-state index contributed by atoms with van der Waals surface area (Å²) in [4.78, 5) is 0. The maximum atomic E-state index is 13.2. The lowest BCUT2D eigenvalue weighted by atomic mass is 9.76. The van der Waals surface area contributed by atoms with Gasteiger partial charge in [-0.15, -0.1) is 0 Å². The molecule has 2 aliphatic rings. The van der Waals surface area contributed by atoms with Gasteiger partial charge in [-0.05, 0) is 48.8 Å². The maximum Gasteiger partial charge on any atom is 0.211 e. The summed E-state index contributed by atoms with van der Waals surface area (Å²) in [6.45, 7) is 1.84. The number of ether oxygens (including phenoxy) is 1. The van der Waals surface area contributed by atoms with Crippen molar-refractivity contribution in [3.63, 3.8) is 0 Å². The van der Waals surface area contributed by atoms with Crippen molar-refractivity contribution in [2.24, 2.45) is 5.41 Å². The molecule has 0 N–H and O–H groups in total. The Bertz CT molecular complexity index is 639. The van der Waals surface area contributed by atoms with Crippen LogP contribution in [-0.2, 0) is 21.2 Å². The molecule has 1 spiro atoms. The van der Waals surface area contributed by atoms with Crippen LogP contribution in [0.5, 0.6) is 0 Å². The van der Waals surface area contributed by atoms with Gasteiger partial charge in [0.05, 0.1) is 19.0 Å². The summed E-state index contributed by atoms with van der Waals surface area (Å²) in [5.41, 5.74) is 1.05. The second kappa shape index (κ2) is 5.91. The predicted octanol–water partition coefficient (Wildman–Crippen LogP) is 2.20. The molecule has 0 radical (unpaired) electrons. The molecule has 2 aliphatic heterocycles. The molecule has 1 atom stereocenters. The van der Waals surface area contributed by atoms with Crippen LogP contribution in [-0.4, -0.2) is 44.8 Å². The predicted molar refractivity (Wildman–Crippen MR) is 82.5 cm³/mol. The number of piperidine rings is 1. The molecule has 4 nitrogen and oxygen atoms in total. The summed E-state index contributed by atoms with van der Waals surface area (Å²) >= 11 is 0. The van der Waals surface area contributed by atoms with Crippen LogP contribution < -0.4 is 0 Å². The lowest BCUT2D eigenvalue weighted by Gasteiger charge is -2.37. The van der Waals surface area contributed by atoms with E-state index < -0.39 is 10.0 Å². The summed E-state index contributed by atoms with van der Waals surface area (Å²) < 4.78 is 43.9. The molecule has 3 rings (SSSR count). The van der Waals surface area contributed by atoms with Crippen LogP contribution in [0, 0.1) is 11.2 Å². The van der Waals surface area contributed by atoms with Gasteiger partial charge in [0.15, 0.2) is 0 Å². The quantitative estimate of drug-likeness (QED) is 0.855. The molecular formula is C16H22FNO3S. The minimum absolute atomic E-state index is 0.0964. The zero-order valence-corrected chi connectivity index (χ0v) is 13.6. The second-order valence-electron chi connectivity index (χ2n) is 6.63. The summed E-state index contributed by atoms with van der Waals surface area (Å²) in [6, 6.07) is 6.64. The summed E-state index contributed by atoms with van der Waals surface area (Å²) in [6.07, 6.45) is 4.71. The number of rotatable bonds is 3. The van der Waals surface area contributed by atoms with Gasteiger partial charge in [-0.3, -0.25) is 0 Å². The van der Waals surface area contributed by atoms with Crippen molar-refractivity contribution in [2.75, 3.05) is 26.0 Å². The molecule has 22 heavy (non-hydrogen) atoms. The molecule has 0 aliphatic carbocycles. The lowest BCUT2D eigenvalue weighted by molar-refractivity contribution is 0.0793. The van der Waals surface area contributed by atoms with Gasteiger partial charge in [-0.1, -0.05) is 12.1 Å². The minimum atomic E-state index is -3.09.